The summed E-state index contributed by atoms with van der Waals surface area (Å²) in [6, 6.07) is 10.1. The van der Waals surface area contributed by atoms with Crippen molar-refractivity contribution >= 4 is 18.1 Å². The molecule has 0 radical (unpaired) electrons. The number of rotatable bonds is 8. The Balaban J connectivity index is 1.23. The lowest BCUT2D eigenvalue weighted by Crippen LogP contribution is -2.53. The van der Waals surface area contributed by atoms with Crippen LogP contribution in [0.25, 0.3) is 0 Å². The predicted octanol–water partition coefficient (Wildman–Crippen LogP) is -0.122. The van der Waals surface area contributed by atoms with Crippen molar-refractivity contribution in [3.8, 4) is 0 Å². The van der Waals surface area contributed by atoms with E-state index in [2.05, 4.69) is 43.7 Å². The number of aliphatic hydroxyl groups is 1. The molecule has 0 spiro atoms. The third kappa shape index (κ3) is 4.92. The van der Waals surface area contributed by atoms with Crippen molar-refractivity contribution in [3.63, 3.8) is 0 Å². The Morgan fingerprint density at radius 1 is 1.27 bits per heavy atom. The van der Waals surface area contributed by atoms with Gasteiger partial charge in [0, 0.05) is 45.3 Å². The highest BCUT2D eigenvalue weighted by Gasteiger charge is 2.25. The molecule has 3 N–H and O–H groups in total. The van der Waals surface area contributed by atoms with E-state index in [1.807, 2.05) is 6.07 Å². The van der Waals surface area contributed by atoms with E-state index < -0.39 is 6.10 Å². The number of nitrogens with zero attached hydrogens (tertiary/aromatic N) is 4. The van der Waals surface area contributed by atoms with Crippen LogP contribution in [0, 0.1) is 0 Å². The van der Waals surface area contributed by atoms with Gasteiger partial charge in [-0.15, -0.1) is 0 Å². The lowest BCUT2D eigenvalue weighted by molar-refractivity contribution is -0.121. The van der Waals surface area contributed by atoms with Gasteiger partial charge in [0.1, 0.15) is 17.8 Å². The fourth-order valence-electron chi connectivity index (χ4n) is 3.83. The topological polar surface area (TPSA) is 111 Å². The molecule has 0 saturated carbocycles. The molecule has 2 aliphatic heterocycles. The predicted molar refractivity (Wildman–Crippen MR) is 111 cm³/mol. The molecule has 0 bridgehead atoms. The molecule has 1 atom stereocenters. The van der Waals surface area contributed by atoms with E-state index in [-0.39, 0.29) is 24.2 Å². The highest BCUT2D eigenvalue weighted by atomic mass is 16.3. The van der Waals surface area contributed by atoms with Crippen LogP contribution in [0.1, 0.15) is 21.6 Å². The number of fused-ring (bicyclic) bond motifs is 1. The molecule has 30 heavy (non-hydrogen) atoms. The molecule has 158 valence electrons. The van der Waals surface area contributed by atoms with Gasteiger partial charge in [0.05, 0.1) is 12.1 Å². The molecule has 0 aliphatic carbocycles. The molecule has 4 rings (SSSR count). The number of carbonyl (C=O) groups is 2. The van der Waals surface area contributed by atoms with Gasteiger partial charge in [-0.05, 0) is 17.5 Å². The highest BCUT2D eigenvalue weighted by Crippen LogP contribution is 2.18. The van der Waals surface area contributed by atoms with Gasteiger partial charge in [-0.2, -0.15) is 0 Å². The van der Waals surface area contributed by atoms with Gasteiger partial charge in [0.2, 0.25) is 6.41 Å². The number of aliphatic hydroxyl groups excluding tert-OH is 1. The summed E-state index contributed by atoms with van der Waals surface area (Å²) >= 11 is 0. The Morgan fingerprint density at radius 3 is 2.87 bits per heavy atom. The first kappa shape index (κ1) is 20.2. The first-order valence-corrected chi connectivity index (χ1v) is 10.1. The largest absolute Gasteiger partial charge is 0.390 e. The Hall–Kier alpha value is -3.04. The summed E-state index contributed by atoms with van der Waals surface area (Å²) in [5.41, 5.74) is 2.90. The lowest BCUT2D eigenvalue weighted by Gasteiger charge is -2.36. The quantitative estimate of drug-likeness (QED) is 0.520. The van der Waals surface area contributed by atoms with Crippen LogP contribution in [0.5, 0.6) is 0 Å². The Kier molecular flexibility index (Phi) is 6.20. The van der Waals surface area contributed by atoms with Crippen molar-refractivity contribution in [1.82, 2.24) is 25.1 Å². The fourth-order valence-corrected chi connectivity index (χ4v) is 3.83. The van der Waals surface area contributed by atoms with Gasteiger partial charge in [0.15, 0.2) is 0 Å². The number of anilines is 1. The summed E-state index contributed by atoms with van der Waals surface area (Å²) in [5, 5.41) is 16.3. The number of benzene rings is 1. The molecule has 2 aromatic rings. The molecule has 1 saturated heterocycles. The van der Waals surface area contributed by atoms with Crippen LogP contribution in [0.4, 0.5) is 5.82 Å². The van der Waals surface area contributed by atoms with Crippen LogP contribution in [-0.2, 0) is 17.8 Å². The van der Waals surface area contributed by atoms with Gasteiger partial charge in [-0.1, -0.05) is 24.3 Å². The maximum Gasteiger partial charge on any atom is 0.270 e. The molecule has 1 aromatic carbocycles. The van der Waals surface area contributed by atoms with Gasteiger partial charge < -0.3 is 20.6 Å². The lowest BCUT2D eigenvalue weighted by atomic mass is 10.00. The van der Waals surface area contributed by atoms with Crippen molar-refractivity contribution in [2.45, 2.75) is 25.1 Å². The van der Waals surface area contributed by atoms with Crippen molar-refractivity contribution in [2.75, 3.05) is 38.0 Å². The first-order chi connectivity index (χ1) is 14.6. The number of amides is 2. The molecule has 9 heteroatoms. The molecule has 1 fully saturated rings. The molecule has 9 nitrogen and oxygen atoms in total. The average molecular weight is 410 g/mol. The summed E-state index contributed by atoms with van der Waals surface area (Å²) in [7, 11) is 0. The maximum absolute atomic E-state index is 12.4. The highest BCUT2D eigenvalue weighted by molar-refractivity contribution is 5.92. The van der Waals surface area contributed by atoms with Gasteiger partial charge >= 0.3 is 0 Å². The van der Waals surface area contributed by atoms with Crippen molar-refractivity contribution in [3.05, 3.63) is 53.5 Å². The number of likely N-dealkylation sites (tertiary alicyclic amines) is 1. The van der Waals surface area contributed by atoms with E-state index >= 15 is 0 Å². The molecular weight excluding hydrogens is 384 g/mol. The molecular formula is C21H26N6O3. The summed E-state index contributed by atoms with van der Waals surface area (Å²) in [6.45, 7) is 3.58. The first-order valence-electron chi connectivity index (χ1n) is 10.1. The molecule has 1 unspecified atom stereocenters. The van der Waals surface area contributed by atoms with E-state index in [0.29, 0.717) is 25.5 Å². The Labute approximate surface area is 175 Å². The van der Waals surface area contributed by atoms with Crippen LogP contribution in [0.2, 0.25) is 0 Å². The zero-order valence-electron chi connectivity index (χ0n) is 16.7. The summed E-state index contributed by atoms with van der Waals surface area (Å²) < 4.78 is 0. The minimum Gasteiger partial charge on any atom is -0.390 e. The van der Waals surface area contributed by atoms with Crippen LogP contribution in [0.15, 0.2) is 36.7 Å². The van der Waals surface area contributed by atoms with Crippen LogP contribution < -0.4 is 10.6 Å². The monoisotopic (exact) mass is 410 g/mol. The van der Waals surface area contributed by atoms with Gasteiger partial charge in [-0.3, -0.25) is 14.5 Å². The van der Waals surface area contributed by atoms with E-state index in [1.54, 1.807) is 11.0 Å². The van der Waals surface area contributed by atoms with Crippen molar-refractivity contribution in [1.29, 1.82) is 0 Å². The van der Waals surface area contributed by atoms with Crippen LogP contribution in [0.3, 0.4) is 0 Å². The minimum atomic E-state index is -0.664. The second-order valence-electron chi connectivity index (χ2n) is 7.81. The summed E-state index contributed by atoms with van der Waals surface area (Å²) in [5.74, 6) is 0.185. The average Bonchev–Trinajstić information content (AvgIpc) is 2.74. The second kappa shape index (κ2) is 9.19. The number of aromatic nitrogens is 2. The van der Waals surface area contributed by atoms with Gasteiger partial charge in [0.25, 0.3) is 5.91 Å². The summed E-state index contributed by atoms with van der Waals surface area (Å²) in [4.78, 5) is 35.0. The van der Waals surface area contributed by atoms with E-state index in [4.69, 9.17) is 0 Å². The van der Waals surface area contributed by atoms with Crippen molar-refractivity contribution in [2.24, 2.45) is 0 Å². The number of hydrogen-bond acceptors (Lipinski definition) is 7. The van der Waals surface area contributed by atoms with E-state index in [0.717, 1.165) is 25.9 Å². The maximum atomic E-state index is 12.4. The number of carbonyl (C=O) groups excluding carboxylic acids is 2. The fraction of sp³-hybridized carbons (Fsp3) is 0.429. The van der Waals surface area contributed by atoms with E-state index in [1.165, 1.54) is 17.5 Å². The standard InChI is InChI=1S/C21H26N6O3/c28-14-27-10-17(11-27)25-20-7-19(23-13-24-20)21(30)22-8-18(29)12-26-6-5-15-3-1-2-4-16(15)9-26/h1-4,7,13-14,17-18,29H,5-6,8-12H2,(H,22,30)(H,23,24,25). The molecule has 1 aromatic heterocycles. The third-order valence-electron chi connectivity index (χ3n) is 5.49. The normalized spacial score (nSPS) is 17.6. The number of β-amino-alcohol motifs (C(OH)–C–C–N with tert-alkyl or cyclic N) is 1. The minimum absolute atomic E-state index is 0.123. The zero-order chi connectivity index (χ0) is 20.9. The van der Waals surface area contributed by atoms with Gasteiger partial charge in [-0.25, -0.2) is 9.97 Å². The van der Waals surface area contributed by atoms with Crippen molar-refractivity contribution < 1.29 is 14.7 Å². The summed E-state index contributed by atoms with van der Waals surface area (Å²) in [6.07, 6.45) is 2.44. The number of hydrogen-bond donors (Lipinski definition) is 3. The van der Waals surface area contributed by atoms with E-state index in [9.17, 15) is 14.7 Å². The Bertz CT molecular complexity index is 902. The zero-order valence-corrected chi connectivity index (χ0v) is 16.7. The third-order valence-corrected chi connectivity index (χ3v) is 5.49. The molecule has 3 heterocycles. The second-order valence-corrected chi connectivity index (χ2v) is 7.81. The smallest absolute Gasteiger partial charge is 0.270 e. The molecule has 2 amide bonds. The van der Waals surface area contributed by atoms with Crippen LogP contribution in [-0.4, -0.2) is 82.1 Å². The number of nitrogens with one attached hydrogen (secondary N) is 2. The molecule has 2 aliphatic rings. The Morgan fingerprint density at radius 2 is 2.07 bits per heavy atom. The SMILES string of the molecule is O=CN1CC(Nc2cc(C(=O)NCC(O)CN3CCc4ccccc4C3)ncn2)C1. The van der Waals surface area contributed by atoms with Crippen LogP contribution >= 0.6 is 0 Å².